The fourth-order valence-corrected chi connectivity index (χ4v) is 1.39. The minimum absolute atomic E-state index is 0.00347. The van der Waals surface area contributed by atoms with Crippen LogP contribution in [0.4, 0.5) is 0 Å². The fourth-order valence-electron chi connectivity index (χ4n) is 1.39. The summed E-state index contributed by atoms with van der Waals surface area (Å²) in [7, 11) is 1.62. The minimum atomic E-state index is -0.330. The van der Waals surface area contributed by atoms with Gasteiger partial charge in [0.2, 0.25) is 5.91 Å². The zero-order chi connectivity index (χ0) is 13.5. The average Bonchev–Trinajstić information content (AvgIpc) is 2.21. The van der Waals surface area contributed by atoms with Gasteiger partial charge in [-0.15, -0.1) is 0 Å². The fraction of sp³-hybridized carbons (Fsp3) is 0.917. The first-order chi connectivity index (χ1) is 7.80. The van der Waals surface area contributed by atoms with Gasteiger partial charge < -0.3 is 20.5 Å². The second-order valence-electron chi connectivity index (χ2n) is 5.29. The van der Waals surface area contributed by atoms with Crippen molar-refractivity contribution in [1.82, 2.24) is 10.6 Å². The summed E-state index contributed by atoms with van der Waals surface area (Å²) >= 11 is 0. The van der Waals surface area contributed by atoms with Crippen molar-refractivity contribution in [2.45, 2.75) is 51.7 Å². The van der Waals surface area contributed by atoms with Crippen LogP contribution in [0.1, 0.15) is 34.1 Å². The Morgan fingerprint density at radius 3 is 2.41 bits per heavy atom. The van der Waals surface area contributed by atoms with E-state index in [-0.39, 0.29) is 30.1 Å². The lowest BCUT2D eigenvalue weighted by atomic mass is 10.1. The van der Waals surface area contributed by atoms with Gasteiger partial charge in [0, 0.05) is 25.3 Å². The Morgan fingerprint density at radius 2 is 2.00 bits per heavy atom. The maximum Gasteiger partial charge on any atom is 0.237 e. The molecular weight excluding hydrogens is 220 g/mol. The Hall–Kier alpha value is -0.650. The van der Waals surface area contributed by atoms with Crippen LogP contribution in [-0.4, -0.2) is 49.0 Å². The van der Waals surface area contributed by atoms with Crippen molar-refractivity contribution in [3.05, 3.63) is 0 Å². The van der Waals surface area contributed by atoms with Crippen molar-refractivity contribution in [2.24, 2.45) is 0 Å². The van der Waals surface area contributed by atoms with Gasteiger partial charge in [0.15, 0.2) is 0 Å². The van der Waals surface area contributed by atoms with Gasteiger partial charge in [-0.05, 0) is 34.1 Å². The van der Waals surface area contributed by atoms with E-state index in [1.165, 1.54) is 0 Å². The number of carbonyl (C=O) groups excluding carboxylic acids is 1. The van der Waals surface area contributed by atoms with Gasteiger partial charge in [-0.25, -0.2) is 0 Å². The number of nitrogens with one attached hydrogen (secondary N) is 2. The molecule has 1 amide bonds. The molecule has 2 unspecified atom stereocenters. The molecule has 2 atom stereocenters. The van der Waals surface area contributed by atoms with E-state index in [0.29, 0.717) is 13.0 Å². The largest absolute Gasteiger partial charge is 0.395 e. The Balaban J connectivity index is 4.12. The SMILES string of the molecule is COCCC(CO)NC(C)C(=O)NC(C)(C)C. The molecule has 3 N–H and O–H groups in total. The smallest absolute Gasteiger partial charge is 0.237 e. The lowest BCUT2D eigenvalue weighted by Crippen LogP contribution is -2.52. The summed E-state index contributed by atoms with van der Waals surface area (Å²) in [4.78, 5) is 11.8. The van der Waals surface area contributed by atoms with Gasteiger partial charge >= 0.3 is 0 Å². The Kier molecular flexibility index (Phi) is 7.34. The lowest BCUT2D eigenvalue weighted by Gasteiger charge is -2.26. The summed E-state index contributed by atoms with van der Waals surface area (Å²) < 4.78 is 4.95. The molecule has 102 valence electrons. The van der Waals surface area contributed by atoms with Gasteiger partial charge in [-0.3, -0.25) is 4.79 Å². The number of methoxy groups -OCH3 is 1. The molecule has 0 aliphatic rings. The standard InChI is InChI=1S/C12H26N2O3/c1-9(11(16)14-12(2,3)4)13-10(8-15)6-7-17-5/h9-10,13,15H,6-8H2,1-5H3,(H,14,16). The Bertz CT molecular complexity index is 226. The average molecular weight is 246 g/mol. The van der Waals surface area contributed by atoms with E-state index < -0.39 is 0 Å². The number of hydrogen-bond donors (Lipinski definition) is 3. The van der Waals surface area contributed by atoms with Crippen molar-refractivity contribution in [3.8, 4) is 0 Å². The number of rotatable bonds is 7. The van der Waals surface area contributed by atoms with E-state index in [1.807, 2.05) is 20.8 Å². The molecule has 0 saturated heterocycles. The molecule has 0 spiro atoms. The first kappa shape index (κ1) is 16.4. The molecule has 0 aromatic heterocycles. The summed E-state index contributed by atoms with van der Waals surface area (Å²) in [6.45, 7) is 8.16. The van der Waals surface area contributed by atoms with E-state index in [2.05, 4.69) is 10.6 Å². The highest BCUT2D eigenvalue weighted by Crippen LogP contribution is 2.01. The molecule has 0 radical (unpaired) electrons. The van der Waals surface area contributed by atoms with E-state index in [9.17, 15) is 4.79 Å². The highest BCUT2D eigenvalue weighted by atomic mass is 16.5. The summed E-state index contributed by atoms with van der Waals surface area (Å²) in [6.07, 6.45) is 0.681. The lowest BCUT2D eigenvalue weighted by molar-refractivity contribution is -0.124. The van der Waals surface area contributed by atoms with Gasteiger partial charge in [0.1, 0.15) is 0 Å². The van der Waals surface area contributed by atoms with Crippen LogP contribution in [0.3, 0.4) is 0 Å². The highest BCUT2D eigenvalue weighted by molar-refractivity contribution is 5.81. The summed E-state index contributed by atoms with van der Waals surface area (Å²) in [6, 6.07) is -0.445. The Labute approximate surface area is 104 Å². The van der Waals surface area contributed by atoms with Crippen LogP contribution >= 0.6 is 0 Å². The Morgan fingerprint density at radius 1 is 1.41 bits per heavy atom. The van der Waals surface area contributed by atoms with Crippen LogP contribution in [0.15, 0.2) is 0 Å². The van der Waals surface area contributed by atoms with Gasteiger partial charge in [0.25, 0.3) is 0 Å². The summed E-state index contributed by atoms with van der Waals surface area (Å²) in [5.74, 6) is -0.0617. The van der Waals surface area contributed by atoms with Crippen molar-refractivity contribution >= 4 is 5.91 Å². The molecule has 0 saturated carbocycles. The zero-order valence-electron chi connectivity index (χ0n) is 11.5. The molecule has 0 rings (SSSR count). The van der Waals surface area contributed by atoms with Gasteiger partial charge in [-0.2, -0.15) is 0 Å². The first-order valence-corrected chi connectivity index (χ1v) is 5.98. The molecule has 17 heavy (non-hydrogen) atoms. The third-order valence-electron chi connectivity index (χ3n) is 2.27. The topological polar surface area (TPSA) is 70.6 Å². The predicted octanol–water partition coefficient (Wildman–Crippen LogP) is 0.277. The van der Waals surface area contributed by atoms with E-state index in [4.69, 9.17) is 9.84 Å². The van der Waals surface area contributed by atoms with Gasteiger partial charge in [-0.1, -0.05) is 0 Å². The second-order valence-corrected chi connectivity index (χ2v) is 5.29. The van der Waals surface area contributed by atoms with E-state index in [0.717, 1.165) is 0 Å². The molecule has 0 aliphatic carbocycles. The van der Waals surface area contributed by atoms with Crippen molar-refractivity contribution in [1.29, 1.82) is 0 Å². The summed E-state index contributed by atoms with van der Waals surface area (Å²) in [5, 5.41) is 15.1. The molecule has 0 bridgehead atoms. The number of carbonyl (C=O) groups is 1. The molecule has 0 heterocycles. The second kappa shape index (κ2) is 7.63. The number of amides is 1. The van der Waals surface area contributed by atoms with Crippen LogP contribution in [-0.2, 0) is 9.53 Å². The maximum atomic E-state index is 11.8. The number of ether oxygens (including phenoxy) is 1. The van der Waals surface area contributed by atoms with Gasteiger partial charge in [0.05, 0.1) is 12.6 Å². The van der Waals surface area contributed by atoms with E-state index in [1.54, 1.807) is 14.0 Å². The molecule has 5 heteroatoms. The quantitative estimate of drug-likeness (QED) is 0.603. The minimum Gasteiger partial charge on any atom is -0.395 e. The van der Waals surface area contributed by atoms with Crippen LogP contribution < -0.4 is 10.6 Å². The third kappa shape index (κ3) is 8.12. The normalized spacial score (nSPS) is 15.4. The van der Waals surface area contributed by atoms with Crippen molar-refractivity contribution in [3.63, 3.8) is 0 Å². The molecule has 0 aromatic carbocycles. The molecule has 0 aromatic rings. The molecule has 0 aliphatic heterocycles. The van der Waals surface area contributed by atoms with Crippen molar-refractivity contribution < 1.29 is 14.6 Å². The third-order valence-corrected chi connectivity index (χ3v) is 2.27. The van der Waals surface area contributed by atoms with Crippen LogP contribution in [0, 0.1) is 0 Å². The van der Waals surface area contributed by atoms with Crippen LogP contribution in [0.25, 0.3) is 0 Å². The maximum absolute atomic E-state index is 11.8. The molecule has 0 fully saturated rings. The monoisotopic (exact) mass is 246 g/mol. The van der Waals surface area contributed by atoms with Crippen LogP contribution in [0.2, 0.25) is 0 Å². The number of aliphatic hydroxyl groups is 1. The molecular formula is C12H26N2O3. The highest BCUT2D eigenvalue weighted by Gasteiger charge is 2.21. The molecule has 5 nitrogen and oxygen atoms in total. The van der Waals surface area contributed by atoms with E-state index >= 15 is 0 Å². The zero-order valence-corrected chi connectivity index (χ0v) is 11.5. The number of aliphatic hydroxyl groups excluding tert-OH is 1. The summed E-state index contributed by atoms with van der Waals surface area (Å²) in [5.41, 5.74) is -0.242. The predicted molar refractivity (Wildman–Crippen MR) is 67.9 cm³/mol. The first-order valence-electron chi connectivity index (χ1n) is 5.98. The van der Waals surface area contributed by atoms with Crippen LogP contribution in [0.5, 0.6) is 0 Å². The van der Waals surface area contributed by atoms with Crippen molar-refractivity contribution in [2.75, 3.05) is 20.3 Å². The number of hydrogen-bond acceptors (Lipinski definition) is 4.